The molecule has 0 bridgehead atoms. The number of amides is 1. The minimum absolute atomic E-state index is 0.0238. The SMILES string of the molecule is CCOc1cc(C=NNC(=O)Cc2ccc(Br)cc2)cc([N+](=O)[O-])c1O. The van der Waals surface area contributed by atoms with E-state index in [4.69, 9.17) is 4.74 Å². The molecule has 0 saturated heterocycles. The summed E-state index contributed by atoms with van der Waals surface area (Å²) in [5, 5.41) is 24.6. The average molecular weight is 422 g/mol. The molecule has 0 atom stereocenters. The Hall–Kier alpha value is -2.94. The number of hydrogen-bond acceptors (Lipinski definition) is 6. The summed E-state index contributed by atoms with van der Waals surface area (Å²) in [5.74, 6) is -0.903. The maximum Gasteiger partial charge on any atom is 0.315 e. The molecular formula is C17H16BrN3O5. The normalized spacial score (nSPS) is 10.7. The molecule has 0 aliphatic heterocycles. The number of hydrogen-bond donors (Lipinski definition) is 2. The first-order valence-electron chi connectivity index (χ1n) is 7.61. The highest BCUT2D eigenvalue weighted by atomic mass is 79.9. The van der Waals surface area contributed by atoms with Crippen LogP contribution >= 0.6 is 15.9 Å². The number of rotatable bonds is 7. The van der Waals surface area contributed by atoms with Gasteiger partial charge in [0.2, 0.25) is 11.7 Å². The predicted molar refractivity (Wildman–Crippen MR) is 99.5 cm³/mol. The molecule has 0 fully saturated rings. The van der Waals surface area contributed by atoms with Gasteiger partial charge in [-0.25, -0.2) is 5.43 Å². The van der Waals surface area contributed by atoms with Crippen molar-refractivity contribution in [1.82, 2.24) is 5.43 Å². The summed E-state index contributed by atoms with van der Waals surface area (Å²) < 4.78 is 6.09. The van der Waals surface area contributed by atoms with Crippen molar-refractivity contribution < 1.29 is 19.6 Å². The van der Waals surface area contributed by atoms with E-state index in [1.54, 1.807) is 6.92 Å². The fourth-order valence-corrected chi connectivity index (χ4v) is 2.36. The zero-order valence-corrected chi connectivity index (χ0v) is 15.4. The molecule has 2 rings (SSSR count). The lowest BCUT2D eigenvalue weighted by Crippen LogP contribution is -2.19. The molecule has 136 valence electrons. The number of phenolic OH excluding ortho intramolecular Hbond substituents is 1. The van der Waals surface area contributed by atoms with Crippen LogP contribution in [-0.2, 0) is 11.2 Å². The number of nitrogens with one attached hydrogen (secondary N) is 1. The number of carbonyl (C=O) groups is 1. The van der Waals surface area contributed by atoms with Crippen molar-refractivity contribution in [2.75, 3.05) is 6.61 Å². The van der Waals surface area contributed by atoms with Crippen LogP contribution in [0.5, 0.6) is 11.5 Å². The number of nitro groups is 1. The molecule has 2 aromatic rings. The van der Waals surface area contributed by atoms with Gasteiger partial charge in [0, 0.05) is 16.1 Å². The Balaban J connectivity index is 2.08. The fourth-order valence-electron chi connectivity index (χ4n) is 2.10. The first-order valence-corrected chi connectivity index (χ1v) is 8.40. The van der Waals surface area contributed by atoms with Gasteiger partial charge in [-0.2, -0.15) is 5.10 Å². The van der Waals surface area contributed by atoms with Gasteiger partial charge in [-0.3, -0.25) is 14.9 Å². The monoisotopic (exact) mass is 421 g/mol. The largest absolute Gasteiger partial charge is 0.500 e. The molecule has 0 saturated carbocycles. The zero-order chi connectivity index (χ0) is 19.1. The van der Waals surface area contributed by atoms with E-state index in [9.17, 15) is 20.0 Å². The van der Waals surface area contributed by atoms with Crippen molar-refractivity contribution in [3.8, 4) is 11.5 Å². The average Bonchev–Trinajstić information content (AvgIpc) is 2.59. The number of benzene rings is 2. The van der Waals surface area contributed by atoms with E-state index in [0.717, 1.165) is 16.1 Å². The quantitative estimate of drug-likeness (QED) is 0.404. The van der Waals surface area contributed by atoms with Gasteiger partial charge in [-0.1, -0.05) is 28.1 Å². The van der Waals surface area contributed by atoms with E-state index in [-0.39, 0.29) is 24.7 Å². The molecule has 0 radical (unpaired) electrons. The summed E-state index contributed by atoms with van der Waals surface area (Å²) in [6.45, 7) is 1.92. The van der Waals surface area contributed by atoms with Crippen molar-refractivity contribution in [3.05, 3.63) is 62.1 Å². The molecule has 0 aromatic heterocycles. The number of nitrogens with zero attached hydrogens (tertiary/aromatic N) is 2. The summed E-state index contributed by atoms with van der Waals surface area (Å²) in [6, 6.07) is 9.82. The maximum absolute atomic E-state index is 11.9. The van der Waals surface area contributed by atoms with Gasteiger partial charge < -0.3 is 9.84 Å². The second-order valence-electron chi connectivity index (χ2n) is 5.17. The second-order valence-corrected chi connectivity index (χ2v) is 6.09. The lowest BCUT2D eigenvalue weighted by Gasteiger charge is -2.07. The first kappa shape index (κ1) is 19.4. The van der Waals surface area contributed by atoms with Crippen LogP contribution in [0, 0.1) is 10.1 Å². The lowest BCUT2D eigenvalue weighted by molar-refractivity contribution is -0.386. The molecular weight excluding hydrogens is 406 g/mol. The minimum Gasteiger partial charge on any atom is -0.500 e. The Bertz CT molecular complexity index is 837. The molecule has 0 spiro atoms. The maximum atomic E-state index is 11.9. The van der Waals surface area contributed by atoms with Crippen LogP contribution in [-0.4, -0.2) is 28.8 Å². The van der Waals surface area contributed by atoms with Gasteiger partial charge in [-0.15, -0.1) is 0 Å². The molecule has 0 unspecified atom stereocenters. The molecule has 0 aliphatic rings. The summed E-state index contributed by atoms with van der Waals surface area (Å²) in [5.41, 5.74) is 2.98. The summed E-state index contributed by atoms with van der Waals surface area (Å²) >= 11 is 3.32. The van der Waals surface area contributed by atoms with Crippen LogP contribution in [0.25, 0.3) is 0 Å². The topological polar surface area (TPSA) is 114 Å². The summed E-state index contributed by atoms with van der Waals surface area (Å²) in [6.07, 6.45) is 1.39. The van der Waals surface area contributed by atoms with Crippen LogP contribution < -0.4 is 10.2 Å². The molecule has 1 amide bonds. The fraction of sp³-hybridized carbons (Fsp3) is 0.176. The minimum atomic E-state index is -0.721. The Morgan fingerprint density at radius 1 is 1.38 bits per heavy atom. The number of ether oxygens (including phenoxy) is 1. The third-order valence-electron chi connectivity index (χ3n) is 3.25. The van der Waals surface area contributed by atoms with Crippen LogP contribution in [0.4, 0.5) is 5.69 Å². The number of hydrazone groups is 1. The van der Waals surface area contributed by atoms with E-state index in [1.165, 1.54) is 12.3 Å². The number of carbonyl (C=O) groups excluding carboxylic acids is 1. The molecule has 26 heavy (non-hydrogen) atoms. The van der Waals surface area contributed by atoms with Crippen LogP contribution in [0.15, 0.2) is 46.0 Å². The smallest absolute Gasteiger partial charge is 0.315 e. The zero-order valence-electron chi connectivity index (χ0n) is 13.8. The van der Waals surface area contributed by atoms with Gasteiger partial charge >= 0.3 is 5.69 Å². The molecule has 9 heteroatoms. The van der Waals surface area contributed by atoms with E-state index < -0.39 is 16.4 Å². The van der Waals surface area contributed by atoms with Gasteiger partial charge in [-0.05, 0) is 30.7 Å². The van der Waals surface area contributed by atoms with E-state index in [2.05, 4.69) is 26.5 Å². The van der Waals surface area contributed by atoms with Gasteiger partial charge in [0.25, 0.3) is 0 Å². The highest BCUT2D eigenvalue weighted by Crippen LogP contribution is 2.36. The predicted octanol–water partition coefficient (Wildman–Crippen LogP) is 3.15. The van der Waals surface area contributed by atoms with Crippen molar-refractivity contribution >= 4 is 33.7 Å². The van der Waals surface area contributed by atoms with Crippen LogP contribution in [0.2, 0.25) is 0 Å². The third kappa shape index (κ3) is 5.28. The lowest BCUT2D eigenvalue weighted by atomic mass is 10.1. The molecule has 0 heterocycles. The molecule has 2 N–H and O–H groups in total. The molecule has 2 aromatic carbocycles. The summed E-state index contributed by atoms with van der Waals surface area (Å²) in [7, 11) is 0. The Kier molecular flexibility index (Phi) is 6.67. The third-order valence-corrected chi connectivity index (χ3v) is 3.78. The highest BCUT2D eigenvalue weighted by molar-refractivity contribution is 9.10. The number of phenols is 1. The number of halogens is 1. The second kappa shape index (κ2) is 8.95. The molecule has 0 aliphatic carbocycles. The van der Waals surface area contributed by atoms with Gasteiger partial charge in [0.05, 0.1) is 24.2 Å². The van der Waals surface area contributed by atoms with E-state index in [0.29, 0.717) is 5.56 Å². The standard InChI is InChI=1S/C17H16BrN3O5/c1-2-26-15-8-12(7-14(17(15)23)21(24)25)10-19-20-16(22)9-11-3-5-13(18)6-4-11/h3-8,10,23H,2,9H2,1H3,(H,20,22). The van der Waals surface area contributed by atoms with E-state index in [1.807, 2.05) is 24.3 Å². The van der Waals surface area contributed by atoms with Gasteiger partial charge in [0.1, 0.15) is 0 Å². The van der Waals surface area contributed by atoms with Crippen molar-refractivity contribution in [2.45, 2.75) is 13.3 Å². The van der Waals surface area contributed by atoms with E-state index >= 15 is 0 Å². The Labute approximate surface area is 157 Å². The van der Waals surface area contributed by atoms with Crippen molar-refractivity contribution in [2.24, 2.45) is 5.10 Å². The van der Waals surface area contributed by atoms with Crippen molar-refractivity contribution in [1.29, 1.82) is 0 Å². The number of aromatic hydroxyl groups is 1. The Morgan fingerprint density at radius 2 is 2.08 bits per heavy atom. The highest BCUT2D eigenvalue weighted by Gasteiger charge is 2.19. The van der Waals surface area contributed by atoms with Crippen LogP contribution in [0.3, 0.4) is 0 Å². The van der Waals surface area contributed by atoms with Crippen molar-refractivity contribution in [3.63, 3.8) is 0 Å². The number of nitro benzene ring substituents is 1. The summed E-state index contributed by atoms with van der Waals surface area (Å²) in [4.78, 5) is 22.2. The first-order chi connectivity index (χ1) is 12.4. The molecule has 8 nitrogen and oxygen atoms in total. The van der Waals surface area contributed by atoms with Crippen LogP contribution in [0.1, 0.15) is 18.1 Å². The Morgan fingerprint density at radius 3 is 2.69 bits per heavy atom. The van der Waals surface area contributed by atoms with Gasteiger partial charge in [0.15, 0.2) is 5.75 Å².